The average Bonchev–Trinajstić information content (AvgIpc) is 2.87. The maximum Gasteiger partial charge on any atom is 0.0274 e. The van der Waals surface area contributed by atoms with Crippen molar-refractivity contribution in [2.24, 2.45) is 0 Å². The van der Waals surface area contributed by atoms with Gasteiger partial charge in [-0.1, -0.05) is 0 Å². The highest BCUT2D eigenvalue weighted by Gasteiger charge is 1.94. The lowest BCUT2D eigenvalue weighted by atomic mass is 10.4. The molecule has 0 bridgehead atoms. The monoisotopic (exact) mass is 232 g/mol. The molecule has 2 heterocycles. The van der Waals surface area contributed by atoms with Gasteiger partial charge in [0.2, 0.25) is 0 Å². The van der Waals surface area contributed by atoms with E-state index in [1.807, 2.05) is 12.1 Å². The number of nitrogens with zero attached hydrogens (tertiary/aromatic N) is 2. The molecule has 2 aromatic heterocycles. The van der Waals surface area contributed by atoms with Crippen molar-refractivity contribution in [1.29, 1.82) is 0 Å². The van der Waals surface area contributed by atoms with Crippen molar-refractivity contribution < 1.29 is 0 Å². The molecule has 2 aromatic rings. The quantitative estimate of drug-likeness (QED) is 0.724. The van der Waals surface area contributed by atoms with E-state index < -0.39 is 0 Å². The second kappa shape index (κ2) is 6.33. The third-order valence-corrected chi connectivity index (χ3v) is 2.68. The van der Waals surface area contributed by atoms with Crippen LogP contribution in [0.3, 0.4) is 0 Å². The first-order valence-corrected chi connectivity index (χ1v) is 6.27. The molecule has 0 atom stereocenters. The van der Waals surface area contributed by atoms with Gasteiger partial charge >= 0.3 is 0 Å². The van der Waals surface area contributed by atoms with E-state index in [-0.39, 0.29) is 0 Å². The topological polar surface area (TPSA) is 9.86 Å². The normalized spacial score (nSPS) is 10.5. The molecule has 0 spiro atoms. The summed E-state index contributed by atoms with van der Waals surface area (Å²) in [6.45, 7) is 10.8. The molecule has 2 heteroatoms. The largest absolute Gasteiger partial charge is 0.352 e. The van der Waals surface area contributed by atoms with Gasteiger partial charge in [-0.3, -0.25) is 0 Å². The molecule has 2 nitrogen and oxygen atoms in total. The molecule has 2 rings (SSSR count). The zero-order valence-electron chi connectivity index (χ0n) is 11.6. The summed E-state index contributed by atoms with van der Waals surface area (Å²) in [5, 5.41) is 0. The number of hydrogen-bond donors (Lipinski definition) is 0. The van der Waals surface area contributed by atoms with E-state index in [1.165, 1.54) is 5.56 Å². The van der Waals surface area contributed by atoms with E-state index >= 15 is 0 Å². The third kappa shape index (κ3) is 4.51. The van der Waals surface area contributed by atoms with Crippen LogP contribution < -0.4 is 0 Å². The van der Waals surface area contributed by atoms with Crippen LogP contribution >= 0.6 is 0 Å². The van der Waals surface area contributed by atoms with Crippen molar-refractivity contribution in [2.45, 2.75) is 46.7 Å². The van der Waals surface area contributed by atoms with E-state index in [2.05, 4.69) is 74.6 Å². The zero-order chi connectivity index (χ0) is 12.8. The van der Waals surface area contributed by atoms with Gasteiger partial charge in [-0.05, 0) is 58.4 Å². The Balaban J connectivity index is 0.000000171. The molecule has 0 radical (unpaired) electrons. The maximum atomic E-state index is 2.20. The standard InChI is InChI=1S/C8H13N.C7H11N/c1-7(2)9-5-4-8(3)6-9;1-7(2)8-5-3-4-6-8/h4-7H,1-3H3;3-7H,1-2H3. The molecule has 94 valence electrons. The van der Waals surface area contributed by atoms with Gasteiger partial charge in [-0.2, -0.15) is 0 Å². The molecule has 0 N–H and O–H groups in total. The van der Waals surface area contributed by atoms with Crippen LogP contribution in [0.5, 0.6) is 0 Å². The van der Waals surface area contributed by atoms with Crippen molar-refractivity contribution in [3.05, 3.63) is 48.5 Å². The number of aryl methyl sites for hydroxylation is 1. The molecule has 17 heavy (non-hydrogen) atoms. The Hall–Kier alpha value is -1.44. The van der Waals surface area contributed by atoms with Gasteiger partial charge in [0.05, 0.1) is 0 Å². The zero-order valence-corrected chi connectivity index (χ0v) is 11.6. The first-order chi connectivity index (χ1) is 8.00. The van der Waals surface area contributed by atoms with Crippen LogP contribution in [0.1, 0.15) is 45.3 Å². The second-order valence-corrected chi connectivity index (χ2v) is 4.95. The lowest BCUT2D eigenvalue weighted by molar-refractivity contribution is 0.603. The lowest BCUT2D eigenvalue weighted by Crippen LogP contribution is -1.95. The summed E-state index contributed by atoms with van der Waals surface area (Å²) in [6.07, 6.45) is 8.42. The van der Waals surface area contributed by atoms with E-state index in [0.29, 0.717) is 12.1 Å². The van der Waals surface area contributed by atoms with Gasteiger partial charge in [0.25, 0.3) is 0 Å². The van der Waals surface area contributed by atoms with Crippen molar-refractivity contribution >= 4 is 0 Å². The Morgan fingerprint density at radius 2 is 1.35 bits per heavy atom. The maximum absolute atomic E-state index is 2.20. The molecule has 0 aliphatic carbocycles. The molecule has 0 aliphatic rings. The Morgan fingerprint density at radius 1 is 0.824 bits per heavy atom. The van der Waals surface area contributed by atoms with Crippen LogP contribution in [0, 0.1) is 6.92 Å². The Kier molecular flexibility index (Phi) is 5.08. The average molecular weight is 232 g/mol. The van der Waals surface area contributed by atoms with Gasteiger partial charge in [0.15, 0.2) is 0 Å². The van der Waals surface area contributed by atoms with Crippen molar-refractivity contribution in [3.8, 4) is 0 Å². The van der Waals surface area contributed by atoms with Gasteiger partial charge in [-0.25, -0.2) is 0 Å². The van der Waals surface area contributed by atoms with Crippen LogP contribution in [-0.4, -0.2) is 9.13 Å². The number of aromatic nitrogens is 2. The fourth-order valence-electron chi connectivity index (χ4n) is 1.54. The lowest BCUT2D eigenvalue weighted by Gasteiger charge is -2.04. The molecule has 0 saturated carbocycles. The molecule has 0 aromatic carbocycles. The summed E-state index contributed by atoms with van der Waals surface area (Å²) in [4.78, 5) is 0. The third-order valence-electron chi connectivity index (χ3n) is 2.68. The summed E-state index contributed by atoms with van der Waals surface area (Å²) in [5.74, 6) is 0. The Labute approximate surface area is 105 Å². The molecule has 0 aliphatic heterocycles. The van der Waals surface area contributed by atoms with Crippen molar-refractivity contribution in [1.82, 2.24) is 9.13 Å². The predicted molar refractivity (Wildman–Crippen MR) is 74.4 cm³/mol. The summed E-state index contributed by atoms with van der Waals surface area (Å²) in [6, 6.07) is 7.41. The molecule has 0 saturated heterocycles. The predicted octanol–water partition coefficient (Wildman–Crippen LogP) is 4.45. The number of hydrogen-bond acceptors (Lipinski definition) is 0. The minimum absolute atomic E-state index is 0.596. The molecule has 0 amide bonds. The highest BCUT2D eigenvalue weighted by Crippen LogP contribution is 2.06. The summed E-state index contributed by atoms with van der Waals surface area (Å²) in [5.41, 5.74) is 1.34. The Morgan fingerprint density at radius 3 is 1.59 bits per heavy atom. The fraction of sp³-hybridized carbons (Fsp3) is 0.467. The summed E-state index contributed by atoms with van der Waals surface area (Å²) < 4.78 is 4.37. The highest BCUT2D eigenvalue weighted by molar-refractivity contribution is 5.07. The van der Waals surface area contributed by atoms with Gasteiger partial charge < -0.3 is 9.13 Å². The SMILES string of the molecule is CC(C)n1cccc1.Cc1ccn(C(C)C)c1. The minimum atomic E-state index is 0.596. The van der Waals surface area contributed by atoms with Gasteiger partial charge in [-0.15, -0.1) is 0 Å². The molecule has 0 fully saturated rings. The van der Waals surface area contributed by atoms with Crippen LogP contribution in [-0.2, 0) is 0 Å². The first-order valence-electron chi connectivity index (χ1n) is 6.27. The van der Waals surface area contributed by atoms with E-state index in [1.54, 1.807) is 0 Å². The van der Waals surface area contributed by atoms with Crippen molar-refractivity contribution in [2.75, 3.05) is 0 Å². The van der Waals surface area contributed by atoms with Crippen LogP contribution in [0.15, 0.2) is 43.0 Å². The van der Waals surface area contributed by atoms with Crippen LogP contribution in [0.25, 0.3) is 0 Å². The van der Waals surface area contributed by atoms with E-state index in [4.69, 9.17) is 0 Å². The van der Waals surface area contributed by atoms with Crippen LogP contribution in [0.2, 0.25) is 0 Å². The van der Waals surface area contributed by atoms with Gasteiger partial charge in [0.1, 0.15) is 0 Å². The first kappa shape index (κ1) is 13.6. The molecular formula is C15H24N2. The Bertz CT molecular complexity index is 408. The van der Waals surface area contributed by atoms with Gasteiger partial charge in [0, 0.05) is 36.9 Å². The second-order valence-electron chi connectivity index (χ2n) is 4.95. The minimum Gasteiger partial charge on any atom is -0.352 e. The number of rotatable bonds is 2. The van der Waals surface area contributed by atoms with E-state index in [9.17, 15) is 0 Å². The smallest absolute Gasteiger partial charge is 0.0274 e. The van der Waals surface area contributed by atoms with E-state index in [0.717, 1.165) is 0 Å². The molecular weight excluding hydrogens is 208 g/mol. The summed E-state index contributed by atoms with van der Waals surface area (Å²) >= 11 is 0. The fourth-order valence-corrected chi connectivity index (χ4v) is 1.54. The highest BCUT2D eigenvalue weighted by atomic mass is 15.0. The summed E-state index contributed by atoms with van der Waals surface area (Å²) in [7, 11) is 0. The van der Waals surface area contributed by atoms with Crippen molar-refractivity contribution in [3.63, 3.8) is 0 Å². The molecule has 0 unspecified atom stereocenters. The van der Waals surface area contributed by atoms with Crippen LogP contribution in [0.4, 0.5) is 0 Å².